The van der Waals surface area contributed by atoms with Gasteiger partial charge >= 0.3 is 5.97 Å². The number of hydrogen-bond donors (Lipinski definition) is 3. The summed E-state index contributed by atoms with van der Waals surface area (Å²) in [5, 5.41) is 23.7. The minimum absolute atomic E-state index is 0.0539. The monoisotopic (exact) mass is 884 g/mol. The molecule has 0 saturated carbocycles. The number of aliphatic hydroxyl groups excluding tert-OH is 2. The lowest BCUT2D eigenvalue weighted by Crippen LogP contribution is -2.46. The van der Waals surface area contributed by atoms with Crippen LogP contribution in [0.5, 0.6) is 0 Å². The molecule has 0 radical (unpaired) electrons. The highest BCUT2D eigenvalue weighted by Crippen LogP contribution is 2.18. The molecule has 3 unspecified atom stereocenters. The van der Waals surface area contributed by atoms with Crippen molar-refractivity contribution >= 4 is 11.9 Å². The van der Waals surface area contributed by atoms with Crippen molar-refractivity contribution in [1.82, 2.24) is 5.32 Å². The molecule has 0 heterocycles. The first-order valence-electron chi connectivity index (χ1n) is 27.4. The molecule has 0 saturated heterocycles. The average molecular weight is 884 g/mol. The Hall–Kier alpha value is -2.18. The van der Waals surface area contributed by atoms with Crippen molar-refractivity contribution in [2.45, 2.75) is 296 Å². The minimum Gasteiger partial charge on any atom is -0.462 e. The summed E-state index contributed by atoms with van der Waals surface area (Å²) in [6.45, 7) is 6.43. The lowest BCUT2D eigenvalue weighted by atomic mass is 10.0. The number of nitrogens with one attached hydrogen (secondary N) is 1. The van der Waals surface area contributed by atoms with E-state index >= 15 is 0 Å². The van der Waals surface area contributed by atoms with E-state index in [9.17, 15) is 19.8 Å². The zero-order valence-electron chi connectivity index (χ0n) is 42.0. The lowest BCUT2D eigenvalue weighted by Gasteiger charge is -2.24. The highest BCUT2D eigenvalue weighted by Gasteiger charge is 2.24. The van der Waals surface area contributed by atoms with Gasteiger partial charge in [0.25, 0.3) is 0 Å². The Bertz CT molecular complexity index is 1080. The predicted molar refractivity (Wildman–Crippen MR) is 273 cm³/mol. The van der Waals surface area contributed by atoms with Crippen molar-refractivity contribution in [3.8, 4) is 0 Å². The van der Waals surface area contributed by atoms with Gasteiger partial charge in [0.05, 0.1) is 25.2 Å². The number of carbonyl (C=O) groups is 2. The Kier molecular flexibility index (Phi) is 49.1. The highest BCUT2D eigenvalue weighted by molar-refractivity contribution is 5.77. The molecule has 0 aromatic rings. The Labute approximate surface area is 391 Å². The Morgan fingerprint density at radius 1 is 0.460 bits per heavy atom. The van der Waals surface area contributed by atoms with Gasteiger partial charge in [-0.3, -0.25) is 9.59 Å². The smallest absolute Gasteiger partial charge is 0.306 e. The molecule has 63 heavy (non-hydrogen) atoms. The van der Waals surface area contributed by atoms with E-state index in [4.69, 9.17) is 4.74 Å². The van der Waals surface area contributed by atoms with Crippen molar-refractivity contribution in [1.29, 1.82) is 0 Å². The van der Waals surface area contributed by atoms with Crippen LogP contribution in [0.15, 0.2) is 48.6 Å². The average Bonchev–Trinajstić information content (AvgIpc) is 3.28. The summed E-state index contributed by atoms with van der Waals surface area (Å²) in [4.78, 5) is 26.2. The second kappa shape index (κ2) is 50.8. The van der Waals surface area contributed by atoms with Crippen LogP contribution in [0.3, 0.4) is 0 Å². The number of amides is 1. The van der Waals surface area contributed by atoms with E-state index in [0.717, 1.165) is 70.6 Å². The van der Waals surface area contributed by atoms with Crippen LogP contribution in [-0.2, 0) is 14.3 Å². The maximum absolute atomic E-state index is 13.2. The van der Waals surface area contributed by atoms with Gasteiger partial charge < -0.3 is 20.3 Å². The quantitative estimate of drug-likeness (QED) is 0.0321. The molecule has 0 bridgehead atoms. The van der Waals surface area contributed by atoms with Gasteiger partial charge in [0.15, 0.2) is 0 Å². The summed E-state index contributed by atoms with van der Waals surface area (Å²) < 4.78 is 5.93. The summed E-state index contributed by atoms with van der Waals surface area (Å²) in [5.74, 6) is -0.503. The second-order valence-electron chi connectivity index (χ2n) is 18.7. The number of unbranched alkanes of at least 4 members (excludes halogenated alkanes) is 32. The summed E-state index contributed by atoms with van der Waals surface area (Å²) in [5.41, 5.74) is 0. The third kappa shape index (κ3) is 46.2. The molecule has 0 aromatic carbocycles. The SMILES string of the molecule is CCCCC/C=C/C=C/C=C/C=C/CCCCCC(CC(=O)NC(CO)C(O)CCCCCCCCCCC)OC(=O)CCCCCCCCCCCCCCCCCCCCC. The first kappa shape index (κ1) is 60.8. The van der Waals surface area contributed by atoms with E-state index < -0.39 is 18.2 Å². The van der Waals surface area contributed by atoms with E-state index in [1.807, 2.05) is 0 Å². The van der Waals surface area contributed by atoms with Crippen LogP contribution in [0, 0.1) is 0 Å². The molecule has 0 spiro atoms. The van der Waals surface area contributed by atoms with Gasteiger partial charge in [-0.05, 0) is 51.4 Å². The maximum atomic E-state index is 13.2. The van der Waals surface area contributed by atoms with Gasteiger partial charge in [0.1, 0.15) is 6.10 Å². The zero-order valence-corrected chi connectivity index (χ0v) is 42.0. The van der Waals surface area contributed by atoms with E-state index in [1.165, 1.54) is 161 Å². The summed E-state index contributed by atoms with van der Waals surface area (Å²) in [6.07, 6.45) is 61.8. The van der Waals surface area contributed by atoms with Crippen LogP contribution < -0.4 is 5.32 Å². The van der Waals surface area contributed by atoms with Gasteiger partial charge in [0, 0.05) is 6.42 Å². The third-order valence-corrected chi connectivity index (χ3v) is 12.5. The van der Waals surface area contributed by atoms with Gasteiger partial charge in [0.2, 0.25) is 5.91 Å². The number of hydrogen-bond acceptors (Lipinski definition) is 5. The molecule has 1 amide bonds. The molecule has 6 heteroatoms. The van der Waals surface area contributed by atoms with Gasteiger partial charge in [-0.2, -0.15) is 0 Å². The Balaban J connectivity index is 4.57. The standard InChI is InChI=1S/C57H105NO5/c1-4-7-10-13-16-19-21-23-25-27-28-29-31-33-35-38-41-44-47-50-57(62)63-53(48-45-42-39-37-34-32-30-26-24-22-20-17-14-11-8-5-2)51-56(61)58-54(52-59)55(60)49-46-43-40-36-18-15-12-9-6-3/h17,20,22,24,26,30,32,34,53-55,59-60H,4-16,18-19,21,23,25,27-29,31,33,35-52H2,1-3H3,(H,58,61)/b20-17+,24-22+,30-26+,34-32+. The maximum Gasteiger partial charge on any atom is 0.306 e. The second-order valence-corrected chi connectivity index (χ2v) is 18.7. The van der Waals surface area contributed by atoms with Crippen LogP contribution >= 0.6 is 0 Å². The van der Waals surface area contributed by atoms with Crippen molar-refractivity contribution < 1.29 is 24.5 Å². The molecule has 3 atom stereocenters. The Morgan fingerprint density at radius 2 is 0.810 bits per heavy atom. The van der Waals surface area contributed by atoms with E-state index in [1.54, 1.807) is 0 Å². The predicted octanol–water partition coefficient (Wildman–Crippen LogP) is 16.6. The summed E-state index contributed by atoms with van der Waals surface area (Å²) in [6, 6.07) is -0.712. The molecule has 0 aromatic heterocycles. The highest BCUT2D eigenvalue weighted by atomic mass is 16.5. The van der Waals surface area contributed by atoms with E-state index in [-0.39, 0.29) is 24.9 Å². The third-order valence-electron chi connectivity index (χ3n) is 12.5. The topological polar surface area (TPSA) is 95.9 Å². The fourth-order valence-electron chi connectivity index (χ4n) is 8.33. The zero-order chi connectivity index (χ0) is 45.9. The molecular formula is C57H105NO5. The Morgan fingerprint density at radius 3 is 1.25 bits per heavy atom. The van der Waals surface area contributed by atoms with Crippen molar-refractivity contribution in [3.05, 3.63) is 48.6 Å². The number of esters is 1. The van der Waals surface area contributed by atoms with Gasteiger partial charge in [-0.15, -0.1) is 0 Å². The van der Waals surface area contributed by atoms with Crippen LogP contribution in [-0.4, -0.2) is 46.9 Å². The number of aliphatic hydroxyl groups is 2. The number of ether oxygens (including phenoxy) is 1. The van der Waals surface area contributed by atoms with Crippen LogP contribution in [0.25, 0.3) is 0 Å². The van der Waals surface area contributed by atoms with E-state index in [0.29, 0.717) is 19.3 Å². The lowest BCUT2D eigenvalue weighted by molar-refractivity contribution is -0.151. The molecule has 6 nitrogen and oxygen atoms in total. The molecule has 0 aliphatic rings. The van der Waals surface area contributed by atoms with Crippen molar-refractivity contribution in [3.63, 3.8) is 0 Å². The molecule has 368 valence electrons. The largest absolute Gasteiger partial charge is 0.462 e. The first-order valence-corrected chi connectivity index (χ1v) is 27.4. The molecule has 3 N–H and O–H groups in total. The summed E-state index contributed by atoms with van der Waals surface area (Å²) in [7, 11) is 0. The van der Waals surface area contributed by atoms with E-state index in [2.05, 4.69) is 74.7 Å². The molecule has 0 aliphatic carbocycles. The fourth-order valence-corrected chi connectivity index (χ4v) is 8.33. The molecule has 0 rings (SSSR count). The number of carbonyl (C=O) groups excluding carboxylic acids is 2. The van der Waals surface area contributed by atoms with Crippen LogP contribution in [0.1, 0.15) is 278 Å². The number of allylic oxidation sites excluding steroid dienone is 8. The van der Waals surface area contributed by atoms with Gasteiger partial charge in [-0.25, -0.2) is 0 Å². The molecular weight excluding hydrogens is 779 g/mol. The molecule has 0 fully saturated rings. The number of rotatable bonds is 49. The minimum atomic E-state index is -0.796. The fraction of sp³-hybridized carbons (Fsp3) is 0.825. The van der Waals surface area contributed by atoms with Crippen LogP contribution in [0.2, 0.25) is 0 Å². The van der Waals surface area contributed by atoms with Gasteiger partial charge in [-0.1, -0.05) is 262 Å². The first-order chi connectivity index (χ1) is 31.0. The van der Waals surface area contributed by atoms with Crippen LogP contribution in [0.4, 0.5) is 0 Å². The summed E-state index contributed by atoms with van der Waals surface area (Å²) >= 11 is 0. The van der Waals surface area contributed by atoms with Crippen molar-refractivity contribution in [2.75, 3.05) is 6.61 Å². The molecule has 0 aliphatic heterocycles. The normalized spacial score (nSPS) is 13.5. The van der Waals surface area contributed by atoms with Crippen molar-refractivity contribution in [2.24, 2.45) is 0 Å².